The highest BCUT2D eigenvalue weighted by Gasteiger charge is 2.03. The Morgan fingerprint density at radius 1 is 1.69 bits per heavy atom. The second-order valence-electron chi connectivity index (χ2n) is 3.13. The Balaban J connectivity index is 2.55. The van der Waals surface area contributed by atoms with Gasteiger partial charge in [0.05, 0.1) is 12.6 Å². The number of imidazole rings is 1. The van der Waals surface area contributed by atoms with E-state index in [-0.39, 0.29) is 6.10 Å². The number of nitrogens with zero attached hydrogens (tertiary/aromatic N) is 2. The van der Waals surface area contributed by atoms with E-state index in [1.165, 1.54) is 0 Å². The van der Waals surface area contributed by atoms with Crippen LogP contribution in [0.3, 0.4) is 0 Å². The molecule has 0 bridgehead atoms. The van der Waals surface area contributed by atoms with Crippen LogP contribution in [0.2, 0.25) is 0 Å². The molecule has 0 radical (unpaired) electrons. The number of hydrogen-bond acceptors (Lipinski definition) is 3. The fourth-order valence-electron chi connectivity index (χ4n) is 1.19. The molecule has 1 heterocycles. The first-order valence-corrected chi connectivity index (χ1v) is 4.62. The van der Waals surface area contributed by atoms with Crippen molar-refractivity contribution in [3.63, 3.8) is 0 Å². The maximum Gasteiger partial charge on any atom is 0.122 e. The molecule has 0 spiro atoms. The summed E-state index contributed by atoms with van der Waals surface area (Å²) in [5.41, 5.74) is 0. The van der Waals surface area contributed by atoms with Gasteiger partial charge in [-0.05, 0) is 13.5 Å². The van der Waals surface area contributed by atoms with E-state index in [0.717, 1.165) is 18.9 Å². The van der Waals surface area contributed by atoms with Crippen molar-refractivity contribution >= 4 is 0 Å². The molecule has 1 atom stereocenters. The minimum Gasteiger partial charge on any atom is -0.392 e. The van der Waals surface area contributed by atoms with Gasteiger partial charge in [-0.2, -0.15) is 0 Å². The van der Waals surface area contributed by atoms with Gasteiger partial charge in [-0.3, -0.25) is 0 Å². The summed E-state index contributed by atoms with van der Waals surface area (Å²) in [4.78, 5) is 4.20. The van der Waals surface area contributed by atoms with Gasteiger partial charge in [-0.15, -0.1) is 0 Å². The van der Waals surface area contributed by atoms with Crippen LogP contribution in [0.25, 0.3) is 0 Å². The van der Waals surface area contributed by atoms with Crippen LogP contribution < -0.4 is 5.32 Å². The zero-order valence-electron chi connectivity index (χ0n) is 8.20. The van der Waals surface area contributed by atoms with Gasteiger partial charge in [-0.25, -0.2) is 4.98 Å². The van der Waals surface area contributed by atoms with E-state index >= 15 is 0 Å². The highest BCUT2D eigenvalue weighted by molar-refractivity contribution is 4.92. The molecule has 0 aliphatic rings. The number of nitrogens with one attached hydrogen (secondary N) is 1. The molecular formula is C9H17N3O. The molecule has 0 fully saturated rings. The Bertz CT molecular complexity index is 245. The lowest BCUT2D eigenvalue weighted by Crippen LogP contribution is -2.19. The van der Waals surface area contributed by atoms with Crippen molar-refractivity contribution < 1.29 is 5.11 Å². The van der Waals surface area contributed by atoms with Crippen LogP contribution in [0.1, 0.15) is 19.7 Å². The first kappa shape index (κ1) is 10.2. The van der Waals surface area contributed by atoms with Crippen molar-refractivity contribution in [1.29, 1.82) is 0 Å². The Morgan fingerprint density at radius 3 is 3.08 bits per heavy atom. The first-order valence-electron chi connectivity index (χ1n) is 4.62. The lowest BCUT2D eigenvalue weighted by atomic mass is 10.4. The summed E-state index contributed by atoms with van der Waals surface area (Å²) in [6.45, 7) is 6.14. The average Bonchev–Trinajstić information content (AvgIpc) is 2.48. The van der Waals surface area contributed by atoms with E-state index in [1.807, 2.05) is 10.8 Å². The number of aromatic nitrogens is 2. The van der Waals surface area contributed by atoms with E-state index < -0.39 is 0 Å². The van der Waals surface area contributed by atoms with Crippen LogP contribution in [0.5, 0.6) is 0 Å². The molecule has 0 saturated heterocycles. The van der Waals surface area contributed by atoms with E-state index in [0.29, 0.717) is 6.54 Å². The molecule has 1 unspecified atom stereocenters. The maximum atomic E-state index is 9.21. The standard InChI is InChI=1S/C9H17N3O/c1-3-10-6-9-11-4-5-12(9)7-8(2)13/h4-5,8,10,13H,3,6-7H2,1-2H3. The lowest BCUT2D eigenvalue weighted by molar-refractivity contribution is 0.172. The van der Waals surface area contributed by atoms with Gasteiger partial charge in [0.15, 0.2) is 0 Å². The molecule has 1 aromatic heterocycles. The Morgan fingerprint density at radius 2 is 2.46 bits per heavy atom. The van der Waals surface area contributed by atoms with E-state index in [1.54, 1.807) is 13.1 Å². The number of aliphatic hydroxyl groups is 1. The summed E-state index contributed by atoms with van der Waals surface area (Å²) in [6, 6.07) is 0. The summed E-state index contributed by atoms with van der Waals surface area (Å²) < 4.78 is 1.97. The van der Waals surface area contributed by atoms with Crippen molar-refractivity contribution in [2.24, 2.45) is 0 Å². The highest BCUT2D eigenvalue weighted by atomic mass is 16.3. The van der Waals surface area contributed by atoms with Crippen LogP contribution in [0, 0.1) is 0 Å². The zero-order valence-corrected chi connectivity index (χ0v) is 8.20. The predicted molar refractivity (Wildman–Crippen MR) is 51.3 cm³/mol. The fourth-order valence-corrected chi connectivity index (χ4v) is 1.19. The van der Waals surface area contributed by atoms with Crippen molar-refractivity contribution in [2.45, 2.75) is 33.0 Å². The van der Waals surface area contributed by atoms with E-state index in [2.05, 4.69) is 17.2 Å². The van der Waals surface area contributed by atoms with Crippen molar-refractivity contribution in [2.75, 3.05) is 6.54 Å². The number of rotatable bonds is 5. The molecule has 4 nitrogen and oxygen atoms in total. The van der Waals surface area contributed by atoms with E-state index in [9.17, 15) is 5.11 Å². The third kappa shape index (κ3) is 3.16. The summed E-state index contributed by atoms with van der Waals surface area (Å²) in [5, 5.41) is 12.4. The molecule has 0 saturated carbocycles. The van der Waals surface area contributed by atoms with E-state index in [4.69, 9.17) is 0 Å². The highest BCUT2D eigenvalue weighted by Crippen LogP contribution is 1.99. The molecule has 74 valence electrons. The molecule has 0 amide bonds. The second kappa shape index (κ2) is 4.99. The van der Waals surface area contributed by atoms with Gasteiger partial charge in [0, 0.05) is 18.9 Å². The average molecular weight is 183 g/mol. The van der Waals surface area contributed by atoms with Crippen molar-refractivity contribution in [3.05, 3.63) is 18.2 Å². The summed E-state index contributed by atoms with van der Waals surface area (Å²) >= 11 is 0. The third-order valence-electron chi connectivity index (χ3n) is 1.80. The molecule has 1 rings (SSSR count). The Labute approximate surface area is 78.6 Å². The molecule has 2 N–H and O–H groups in total. The molecular weight excluding hydrogens is 166 g/mol. The van der Waals surface area contributed by atoms with Gasteiger partial charge in [-0.1, -0.05) is 6.92 Å². The smallest absolute Gasteiger partial charge is 0.122 e. The minimum absolute atomic E-state index is 0.324. The minimum atomic E-state index is -0.324. The van der Waals surface area contributed by atoms with Crippen LogP contribution in [0.4, 0.5) is 0 Å². The van der Waals surface area contributed by atoms with Gasteiger partial charge >= 0.3 is 0 Å². The van der Waals surface area contributed by atoms with Gasteiger partial charge in [0.1, 0.15) is 5.82 Å². The Hall–Kier alpha value is -0.870. The van der Waals surface area contributed by atoms with Crippen LogP contribution >= 0.6 is 0 Å². The molecule has 1 aromatic rings. The predicted octanol–water partition coefficient (Wildman–Crippen LogP) is 0.373. The van der Waals surface area contributed by atoms with Crippen LogP contribution in [0.15, 0.2) is 12.4 Å². The molecule has 0 aliphatic heterocycles. The molecule has 4 heteroatoms. The molecule has 13 heavy (non-hydrogen) atoms. The summed E-state index contributed by atoms with van der Waals surface area (Å²) in [5.74, 6) is 0.975. The topological polar surface area (TPSA) is 50.1 Å². The molecule has 0 aliphatic carbocycles. The third-order valence-corrected chi connectivity index (χ3v) is 1.80. The van der Waals surface area contributed by atoms with Crippen molar-refractivity contribution in [3.8, 4) is 0 Å². The van der Waals surface area contributed by atoms with Crippen LogP contribution in [-0.2, 0) is 13.1 Å². The first-order chi connectivity index (χ1) is 6.24. The zero-order chi connectivity index (χ0) is 9.68. The Kier molecular flexibility index (Phi) is 3.92. The largest absolute Gasteiger partial charge is 0.392 e. The van der Waals surface area contributed by atoms with Gasteiger partial charge in [0.2, 0.25) is 0 Å². The monoisotopic (exact) mass is 183 g/mol. The number of hydrogen-bond donors (Lipinski definition) is 2. The lowest BCUT2D eigenvalue weighted by Gasteiger charge is -2.09. The van der Waals surface area contributed by atoms with Gasteiger partial charge in [0.25, 0.3) is 0 Å². The fraction of sp³-hybridized carbons (Fsp3) is 0.667. The summed E-state index contributed by atoms with van der Waals surface area (Å²) in [7, 11) is 0. The summed E-state index contributed by atoms with van der Waals surface area (Å²) in [6.07, 6.45) is 3.32. The van der Waals surface area contributed by atoms with Crippen LogP contribution in [-0.4, -0.2) is 27.3 Å². The second-order valence-corrected chi connectivity index (χ2v) is 3.13. The van der Waals surface area contributed by atoms with Gasteiger partial charge < -0.3 is 15.0 Å². The quantitative estimate of drug-likeness (QED) is 0.693. The normalized spacial score (nSPS) is 13.2. The maximum absolute atomic E-state index is 9.21. The SMILES string of the molecule is CCNCc1nccn1CC(C)O. The number of aliphatic hydroxyl groups excluding tert-OH is 1. The molecule has 0 aromatic carbocycles. The van der Waals surface area contributed by atoms with Crippen molar-refractivity contribution in [1.82, 2.24) is 14.9 Å².